The van der Waals surface area contributed by atoms with Crippen molar-refractivity contribution >= 4 is 22.3 Å². The Labute approximate surface area is 158 Å². The van der Waals surface area contributed by atoms with E-state index in [2.05, 4.69) is 0 Å². The summed E-state index contributed by atoms with van der Waals surface area (Å²) in [6.07, 6.45) is -4.37. The second-order valence-electron chi connectivity index (χ2n) is 5.99. The van der Waals surface area contributed by atoms with E-state index >= 15 is 0 Å². The van der Waals surface area contributed by atoms with Gasteiger partial charge in [-0.15, -0.1) is 11.3 Å². The molecule has 1 unspecified atom stereocenters. The van der Waals surface area contributed by atoms with Crippen molar-refractivity contribution in [2.45, 2.75) is 26.2 Å². The first-order valence-electron chi connectivity index (χ1n) is 8.13. The minimum atomic E-state index is -4.37. The highest BCUT2D eigenvalue weighted by Crippen LogP contribution is 2.31. The number of benzene rings is 1. The first-order chi connectivity index (χ1) is 12.7. The number of anilines is 1. The number of hydrogen-bond donors (Lipinski definition) is 2. The first-order valence-corrected chi connectivity index (χ1v) is 8.94. The number of hydrogen-bond acceptors (Lipinski definition) is 5. The Morgan fingerprint density at radius 3 is 2.44 bits per heavy atom. The molecule has 2 rings (SSSR count). The molecule has 0 saturated carbocycles. The van der Waals surface area contributed by atoms with Crippen LogP contribution in [-0.2, 0) is 24.0 Å². The van der Waals surface area contributed by atoms with Gasteiger partial charge in [-0.05, 0) is 19.1 Å². The van der Waals surface area contributed by atoms with Crippen molar-refractivity contribution in [1.29, 1.82) is 5.26 Å². The Hall–Kier alpha value is -2.57. The second kappa shape index (κ2) is 8.41. The molecule has 0 aliphatic rings. The predicted octanol–water partition coefficient (Wildman–Crippen LogP) is 2.61. The van der Waals surface area contributed by atoms with Crippen molar-refractivity contribution in [3.05, 3.63) is 51.4 Å². The highest BCUT2D eigenvalue weighted by atomic mass is 32.1. The summed E-state index contributed by atoms with van der Waals surface area (Å²) >= 11 is 1.01. The van der Waals surface area contributed by atoms with Gasteiger partial charge in [0.2, 0.25) is 0 Å². The third-order valence-electron chi connectivity index (χ3n) is 3.87. The summed E-state index contributed by atoms with van der Waals surface area (Å²) in [6.45, 7) is 2.61. The zero-order valence-electron chi connectivity index (χ0n) is 14.8. The highest BCUT2D eigenvalue weighted by Gasteiger charge is 2.30. The zero-order valence-corrected chi connectivity index (χ0v) is 15.6. The first kappa shape index (κ1) is 20.7. The second-order valence-corrected chi connectivity index (χ2v) is 7.04. The molecular weight excluding hydrogens is 379 g/mol. The third-order valence-corrected chi connectivity index (χ3v) is 4.91. The molecule has 0 aliphatic carbocycles. The number of carbonyl (C=O) groups is 1. The number of nitrogen functional groups attached to an aromatic ring is 1. The fourth-order valence-electron chi connectivity index (χ4n) is 2.66. The van der Waals surface area contributed by atoms with Gasteiger partial charge in [0.15, 0.2) is 0 Å². The molecule has 0 saturated heterocycles. The van der Waals surface area contributed by atoms with Crippen LogP contribution in [0.1, 0.15) is 38.8 Å². The van der Waals surface area contributed by atoms with Gasteiger partial charge in [0.1, 0.15) is 29.0 Å². The smallest absolute Gasteiger partial charge is 0.416 e. The van der Waals surface area contributed by atoms with E-state index in [0.29, 0.717) is 24.2 Å². The molecule has 27 heavy (non-hydrogen) atoms. The van der Waals surface area contributed by atoms with E-state index < -0.39 is 17.7 Å². The lowest BCUT2D eigenvalue weighted by atomic mass is 10.1. The maximum absolute atomic E-state index is 12.6. The maximum atomic E-state index is 12.6. The standard InChI is InChI=1S/C18H18F3N3O2S/c1-3-26-17(25)15-14(13(8-22)16(23)27-15)10-24(2)9-11-4-6-12(7-5-11)18(19,20)21/h4-7H,3,9-10,23H2,1-2H3/p+1. The van der Waals surface area contributed by atoms with E-state index in [1.165, 1.54) is 12.1 Å². The molecule has 0 aliphatic heterocycles. The molecule has 0 fully saturated rings. The molecule has 1 atom stereocenters. The number of alkyl halides is 3. The molecule has 9 heteroatoms. The minimum absolute atomic E-state index is 0.201. The van der Waals surface area contributed by atoms with Gasteiger partial charge < -0.3 is 15.4 Å². The van der Waals surface area contributed by atoms with Crippen LogP contribution in [0.25, 0.3) is 0 Å². The number of nitrogens with one attached hydrogen (secondary N) is 1. The number of thiophene rings is 1. The molecular formula is C18H19F3N3O2S+. The monoisotopic (exact) mass is 398 g/mol. The van der Waals surface area contributed by atoms with Crippen molar-refractivity contribution in [2.75, 3.05) is 19.4 Å². The topological polar surface area (TPSA) is 80.5 Å². The Balaban J connectivity index is 2.19. The van der Waals surface area contributed by atoms with Crippen LogP contribution in [-0.4, -0.2) is 19.6 Å². The van der Waals surface area contributed by atoms with Crippen LogP contribution in [0.5, 0.6) is 0 Å². The van der Waals surface area contributed by atoms with Gasteiger partial charge in [-0.1, -0.05) is 12.1 Å². The summed E-state index contributed by atoms with van der Waals surface area (Å²) < 4.78 is 43.0. The Morgan fingerprint density at radius 2 is 1.93 bits per heavy atom. The van der Waals surface area contributed by atoms with Crippen LogP contribution in [0.15, 0.2) is 24.3 Å². The lowest BCUT2D eigenvalue weighted by Gasteiger charge is -2.15. The number of esters is 1. The average Bonchev–Trinajstić information content (AvgIpc) is 2.90. The van der Waals surface area contributed by atoms with Gasteiger partial charge >= 0.3 is 12.1 Å². The Morgan fingerprint density at radius 1 is 1.30 bits per heavy atom. The van der Waals surface area contributed by atoms with Crippen LogP contribution < -0.4 is 10.6 Å². The number of quaternary nitrogens is 1. The SMILES string of the molecule is CCOC(=O)c1sc(N)c(C#N)c1C[NH+](C)Cc1ccc(C(F)(F)F)cc1. The van der Waals surface area contributed by atoms with Crippen LogP contribution in [0.2, 0.25) is 0 Å². The summed E-state index contributed by atoms with van der Waals surface area (Å²) in [4.78, 5) is 13.3. The highest BCUT2D eigenvalue weighted by molar-refractivity contribution is 7.18. The van der Waals surface area contributed by atoms with E-state index in [1.807, 2.05) is 13.1 Å². The predicted molar refractivity (Wildman–Crippen MR) is 95.1 cm³/mol. The van der Waals surface area contributed by atoms with Gasteiger partial charge in [-0.2, -0.15) is 18.4 Å². The average molecular weight is 398 g/mol. The summed E-state index contributed by atoms with van der Waals surface area (Å²) in [6, 6.07) is 6.93. The molecule has 1 aromatic heterocycles. The zero-order chi connectivity index (χ0) is 20.2. The third kappa shape index (κ3) is 4.99. The minimum Gasteiger partial charge on any atom is -0.462 e. The quantitative estimate of drug-likeness (QED) is 0.733. The van der Waals surface area contributed by atoms with Gasteiger partial charge in [0.25, 0.3) is 0 Å². The van der Waals surface area contributed by atoms with Crippen molar-refractivity contribution in [3.8, 4) is 6.07 Å². The van der Waals surface area contributed by atoms with Crippen LogP contribution in [0.3, 0.4) is 0 Å². The molecule has 0 spiro atoms. The number of rotatable bonds is 6. The molecule has 3 N–H and O–H groups in total. The number of halogens is 3. The van der Waals surface area contributed by atoms with Gasteiger partial charge in [0, 0.05) is 5.56 Å². The maximum Gasteiger partial charge on any atom is 0.416 e. The fraction of sp³-hybridized carbons (Fsp3) is 0.333. The lowest BCUT2D eigenvalue weighted by molar-refractivity contribution is -0.907. The number of ether oxygens (including phenoxy) is 1. The van der Waals surface area contributed by atoms with Crippen LogP contribution >= 0.6 is 11.3 Å². The van der Waals surface area contributed by atoms with E-state index in [-0.39, 0.29) is 22.0 Å². The summed E-state index contributed by atoms with van der Waals surface area (Å²) in [5.74, 6) is -0.534. The van der Waals surface area contributed by atoms with E-state index in [9.17, 15) is 23.2 Å². The normalized spacial score (nSPS) is 12.4. The van der Waals surface area contributed by atoms with Crippen LogP contribution in [0.4, 0.5) is 18.2 Å². The summed E-state index contributed by atoms with van der Waals surface area (Å²) in [5.41, 5.74) is 6.60. The molecule has 0 bridgehead atoms. The van der Waals surface area contributed by atoms with Gasteiger partial charge in [0.05, 0.1) is 30.3 Å². The molecule has 144 valence electrons. The van der Waals surface area contributed by atoms with Crippen LogP contribution in [0, 0.1) is 11.3 Å². The molecule has 2 aromatic rings. The molecule has 1 aromatic carbocycles. The van der Waals surface area contributed by atoms with Crippen molar-refractivity contribution in [2.24, 2.45) is 0 Å². The van der Waals surface area contributed by atoms with Gasteiger partial charge in [-0.25, -0.2) is 4.79 Å². The number of carbonyl (C=O) groups excluding carboxylic acids is 1. The van der Waals surface area contributed by atoms with E-state index in [0.717, 1.165) is 28.4 Å². The fourth-order valence-corrected chi connectivity index (χ4v) is 3.59. The number of nitrogens with two attached hydrogens (primary N) is 1. The summed E-state index contributed by atoms with van der Waals surface area (Å²) in [7, 11) is 1.82. The van der Waals surface area contributed by atoms with Crippen molar-refractivity contribution < 1.29 is 27.6 Å². The van der Waals surface area contributed by atoms with E-state index in [4.69, 9.17) is 10.5 Å². The Kier molecular flexibility index (Phi) is 6.46. The van der Waals surface area contributed by atoms with E-state index in [1.54, 1.807) is 6.92 Å². The lowest BCUT2D eigenvalue weighted by Crippen LogP contribution is -3.06. The van der Waals surface area contributed by atoms with Crippen molar-refractivity contribution in [1.82, 2.24) is 0 Å². The summed E-state index contributed by atoms with van der Waals surface area (Å²) in [5, 5.41) is 9.59. The molecule has 0 amide bonds. The number of nitrogens with zero attached hydrogens (tertiary/aromatic N) is 1. The van der Waals surface area contributed by atoms with Crippen molar-refractivity contribution in [3.63, 3.8) is 0 Å². The number of nitriles is 1. The molecule has 1 heterocycles. The molecule has 5 nitrogen and oxygen atoms in total. The largest absolute Gasteiger partial charge is 0.462 e. The molecule has 0 radical (unpaired) electrons. The Bertz CT molecular complexity index is 854. The van der Waals surface area contributed by atoms with Gasteiger partial charge in [-0.3, -0.25) is 0 Å².